The van der Waals surface area contributed by atoms with E-state index < -0.39 is 7.52 Å². The van der Waals surface area contributed by atoms with Crippen LogP contribution in [0.25, 0.3) is 0 Å². The summed E-state index contributed by atoms with van der Waals surface area (Å²) in [5.41, 5.74) is 2.35. The summed E-state index contributed by atoms with van der Waals surface area (Å²) in [5, 5.41) is 5.87. The third kappa shape index (κ3) is 2.96. The van der Waals surface area contributed by atoms with Crippen LogP contribution in [0.1, 0.15) is 11.1 Å². The van der Waals surface area contributed by atoms with Gasteiger partial charge in [-0.05, 0) is 41.8 Å². The van der Waals surface area contributed by atoms with Crippen molar-refractivity contribution < 1.29 is 18.6 Å². The van der Waals surface area contributed by atoms with Crippen molar-refractivity contribution in [1.82, 2.24) is 10.2 Å². The molecule has 6 nitrogen and oxygen atoms in total. The lowest BCUT2D eigenvalue weighted by Crippen LogP contribution is -2.54. The maximum Gasteiger partial charge on any atom is 0.313 e. The highest BCUT2D eigenvalue weighted by Crippen LogP contribution is 2.47. The molecule has 2 aliphatic heterocycles. The number of rotatable bonds is 3. The first-order chi connectivity index (χ1) is 12.1. The first kappa shape index (κ1) is 16.6. The monoisotopic (exact) mass is 360 g/mol. The molecular weight excluding hydrogens is 339 g/mol. The number of hydrogen-bond donors (Lipinski definition) is 1. The smallest absolute Gasteiger partial charge is 0.313 e. The molecule has 0 spiro atoms. The van der Waals surface area contributed by atoms with E-state index in [0.29, 0.717) is 24.2 Å². The fourth-order valence-electron chi connectivity index (χ4n) is 3.39. The summed E-state index contributed by atoms with van der Waals surface area (Å²) >= 11 is 0. The predicted molar refractivity (Wildman–Crippen MR) is 95.4 cm³/mol. The molecule has 2 aliphatic rings. The second-order valence-electron chi connectivity index (χ2n) is 6.24. The number of ether oxygens (including phenoxy) is 2. The Morgan fingerprint density at radius 2 is 1.80 bits per heavy atom. The van der Waals surface area contributed by atoms with Gasteiger partial charge in [0.25, 0.3) is 0 Å². The minimum Gasteiger partial charge on any atom is -0.493 e. The van der Waals surface area contributed by atoms with Gasteiger partial charge in [-0.15, -0.1) is 0 Å². The molecule has 7 heteroatoms. The van der Waals surface area contributed by atoms with Gasteiger partial charge in [0.15, 0.2) is 11.5 Å². The van der Waals surface area contributed by atoms with Gasteiger partial charge in [0.2, 0.25) is 0 Å². The van der Waals surface area contributed by atoms with Crippen molar-refractivity contribution in [2.24, 2.45) is 0 Å². The number of nitrogens with zero attached hydrogens (tertiary/aromatic N) is 1. The fraction of sp³-hybridized carbons (Fsp3) is 0.333. The second-order valence-corrected chi connectivity index (χ2v) is 8.32. The van der Waals surface area contributed by atoms with Gasteiger partial charge in [-0.25, -0.2) is 5.01 Å². The van der Waals surface area contributed by atoms with Gasteiger partial charge < -0.3 is 14.0 Å². The topological polar surface area (TPSA) is 60.0 Å². The lowest BCUT2D eigenvalue weighted by molar-refractivity contribution is 0.0579. The Labute approximate surface area is 147 Å². The fourth-order valence-corrected chi connectivity index (χ4v) is 5.23. The van der Waals surface area contributed by atoms with Crippen LogP contribution in [0.3, 0.4) is 0 Å². The van der Waals surface area contributed by atoms with Crippen molar-refractivity contribution >= 4 is 12.8 Å². The first-order valence-electron chi connectivity index (χ1n) is 8.21. The normalized spacial score (nSPS) is 25.8. The summed E-state index contributed by atoms with van der Waals surface area (Å²) in [6.07, 6.45) is 0.803. The van der Waals surface area contributed by atoms with Gasteiger partial charge >= 0.3 is 7.52 Å². The lowest BCUT2D eigenvalue weighted by atomic mass is 9.95. The number of nitrogens with one attached hydrogen (secondary N) is 1. The molecule has 2 aromatic rings. The molecule has 2 heterocycles. The number of hydrogen-bond acceptors (Lipinski definition) is 5. The van der Waals surface area contributed by atoms with Crippen LogP contribution in [0.5, 0.6) is 11.5 Å². The molecule has 0 radical (unpaired) electrons. The van der Waals surface area contributed by atoms with Gasteiger partial charge in [-0.1, -0.05) is 18.2 Å². The summed E-state index contributed by atoms with van der Waals surface area (Å²) in [5.74, 6) is 1.44. The summed E-state index contributed by atoms with van der Waals surface area (Å²) < 4.78 is 29.8. The summed E-state index contributed by atoms with van der Waals surface area (Å²) in [4.78, 5) is 0. The van der Waals surface area contributed by atoms with Gasteiger partial charge in [0.1, 0.15) is 0 Å². The van der Waals surface area contributed by atoms with Crippen LogP contribution in [0.2, 0.25) is 0 Å². The van der Waals surface area contributed by atoms with Crippen molar-refractivity contribution in [3.63, 3.8) is 0 Å². The SMILES string of the molecule is COc1cc2c(cc1OC)CN1NP(=O)(c3ccccc3)OCC1C2. The van der Waals surface area contributed by atoms with E-state index in [-0.39, 0.29) is 6.04 Å². The highest BCUT2D eigenvalue weighted by Gasteiger charge is 2.40. The standard InChI is InChI=1S/C18H21N2O4P/c1-22-17-9-13-8-15-12-24-25(21,16-6-4-3-5-7-16)19-20(15)11-14(13)10-18(17)23-2/h3-7,9-10,15H,8,11-12H2,1-2H3,(H,19,21). The predicted octanol–water partition coefficient (Wildman–Crippen LogP) is 2.48. The average Bonchev–Trinajstić information content (AvgIpc) is 2.66. The quantitative estimate of drug-likeness (QED) is 0.849. The molecular formula is C18H21N2O4P. The molecule has 132 valence electrons. The van der Waals surface area contributed by atoms with E-state index in [1.807, 2.05) is 47.5 Å². The maximum atomic E-state index is 13.2. The van der Waals surface area contributed by atoms with E-state index in [0.717, 1.165) is 17.7 Å². The van der Waals surface area contributed by atoms with E-state index in [2.05, 4.69) is 5.20 Å². The molecule has 1 fully saturated rings. The number of hydrazine groups is 1. The molecule has 0 bridgehead atoms. The Morgan fingerprint density at radius 3 is 2.48 bits per heavy atom. The molecule has 25 heavy (non-hydrogen) atoms. The average molecular weight is 360 g/mol. The lowest BCUT2D eigenvalue weighted by Gasteiger charge is -2.43. The van der Waals surface area contributed by atoms with Crippen molar-refractivity contribution in [3.8, 4) is 11.5 Å². The Balaban J connectivity index is 1.63. The van der Waals surface area contributed by atoms with Crippen LogP contribution in [0.4, 0.5) is 0 Å². The molecule has 1 N–H and O–H groups in total. The van der Waals surface area contributed by atoms with Gasteiger partial charge in [-0.2, -0.15) is 5.20 Å². The Kier molecular flexibility index (Phi) is 4.29. The Bertz CT molecular complexity index is 827. The number of benzene rings is 2. The molecule has 0 amide bonds. The van der Waals surface area contributed by atoms with Crippen molar-refractivity contribution in [2.75, 3.05) is 20.8 Å². The van der Waals surface area contributed by atoms with Crippen molar-refractivity contribution in [2.45, 2.75) is 19.0 Å². The van der Waals surface area contributed by atoms with Crippen LogP contribution < -0.4 is 20.0 Å². The Morgan fingerprint density at radius 1 is 1.12 bits per heavy atom. The van der Waals surface area contributed by atoms with Crippen molar-refractivity contribution in [1.29, 1.82) is 0 Å². The minimum absolute atomic E-state index is 0.136. The summed E-state index contributed by atoms with van der Waals surface area (Å²) in [6.45, 7) is 1.06. The minimum atomic E-state index is -3.08. The maximum absolute atomic E-state index is 13.2. The first-order valence-corrected chi connectivity index (χ1v) is 9.84. The third-order valence-corrected chi connectivity index (χ3v) is 6.76. The highest BCUT2D eigenvalue weighted by molar-refractivity contribution is 7.65. The summed E-state index contributed by atoms with van der Waals surface area (Å²) in [7, 11) is 0.190. The van der Waals surface area contributed by atoms with Crippen LogP contribution in [0.15, 0.2) is 42.5 Å². The van der Waals surface area contributed by atoms with Gasteiger partial charge in [-0.3, -0.25) is 4.57 Å². The molecule has 0 aliphatic carbocycles. The molecule has 2 aromatic carbocycles. The van der Waals surface area contributed by atoms with Crippen molar-refractivity contribution in [3.05, 3.63) is 53.6 Å². The molecule has 0 saturated carbocycles. The number of methoxy groups -OCH3 is 2. The molecule has 0 aromatic heterocycles. The molecule has 4 rings (SSSR count). The van der Waals surface area contributed by atoms with E-state index >= 15 is 0 Å². The zero-order valence-electron chi connectivity index (χ0n) is 14.3. The highest BCUT2D eigenvalue weighted by atomic mass is 31.2. The summed E-state index contributed by atoms with van der Waals surface area (Å²) in [6, 6.07) is 13.5. The Hall–Kier alpha value is -1.85. The van der Waals surface area contributed by atoms with E-state index in [4.69, 9.17) is 14.0 Å². The van der Waals surface area contributed by atoms with Crippen LogP contribution in [-0.4, -0.2) is 31.9 Å². The number of fused-ring (bicyclic) bond motifs is 2. The van der Waals surface area contributed by atoms with Crippen LogP contribution in [0, 0.1) is 0 Å². The van der Waals surface area contributed by atoms with Gasteiger partial charge in [0.05, 0.1) is 32.2 Å². The third-order valence-electron chi connectivity index (χ3n) is 4.75. The zero-order chi connectivity index (χ0) is 17.4. The van der Waals surface area contributed by atoms with E-state index in [1.165, 1.54) is 5.56 Å². The second kappa shape index (κ2) is 6.46. The molecule has 2 atom stereocenters. The van der Waals surface area contributed by atoms with E-state index in [9.17, 15) is 4.57 Å². The zero-order valence-corrected chi connectivity index (χ0v) is 15.2. The molecule has 2 unspecified atom stereocenters. The van der Waals surface area contributed by atoms with E-state index in [1.54, 1.807) is 14.2 Å². The van der Waals surface area contributed by atoms with Crippen LogP contribution in [-0.2, 0) is 22.1 Å². The molecule has 1 saturated heterocycles. The largest absolute Gasteiger partial charge is 0.493 e. The van der Waals surface area contributed by atoms with Gasteiger partial charge in [0, 0.05) is 6.54 Å². The van der Waals surface area contributed by atoms with Crippen LogP contribution >= 0.6 is 7.52 Å².